The van der Waals surface area contributed by atoms with Crippen LogP contribution in [-0.2, 0) is 0 Å². The van der Waals surface area contributed by atoms with Gasteiger partial charge in [-0.2, -0.15) is 0 Å². The van der Waals surface area contributed by atoms with Crippen LogP contribution in [0.4, 0.5) is 0 Å². The van der Waals surface area contributed by atoms with Crippen LogP contribution >= 0.6 is 0 Å². The van der Waals surface area contributed by atoms with Crippen LogP contribution in [0.5, 0.6) is 0 Å². The average Bonchev–Trinajstić information content (AvgIpc) is 1.94. The van der Waals surface area contributed by atoms with E-state index in [9.17, 15) is 0 Å². The smallest absolute Gasteiger partial charge is 0.0132 e. The standard InChI is InChI=1S/C14H26/c1-9-10-12(14(6,7)8)11(2)13(3,4)5/h9-10H,1-8H3/b10-9-,12-11-. The van der Waals surface area contributed by atoms with Crippen molar-refractivity contribution in [1.29, 1.82) is 0 Å². The van der Waals surface area contributed by atoms with Crippen molar-refractivity contribution in [1.82, 2.24) is 0 Å². The summed E-state index contributed by atoms with van der Waals surface area (Å²) in [6, 6.07) is 0. The monoisotopic (exact) mass is 194 g/mol. The van der Waals surface area contributed by atoms with Gasteiger partial charge in [0, 0.05) is 0 Å². The molecule has 0 amide bonds. The minimum atomic E-state index is 0.240. The molecule has 0 saturated heterocycles. The van der Waals surface area contributed by atoms with E-state index in [0.29, 0.717) is 0 Å². The van der Waals surface area contributed by atoms with Gasteiger partial charge in [-0.05, 0) is 30.3 Å². The zero-order valence-electron chi connectivity index (χ0n) is 11.2. The van der Waals surface area contributed by atoms with E-state index in [2.05, 4.69) is 67.5 Å². The molecule has 0 rings (SSSR count). The van der Waals surface area contributed by atoms with Crippen LogP contribution < -0.4 is 0 Å². The Morgan fingerprint density at radius 1 is 0.857 bits per heavy atom. The lowest BCUT2D eigenvalue weighted by Gasteiger charge is -2.30. The van der Waals surface area contributed by atoms with Crippen molar-refractivity contribution < 1.29 is 0 Å². The van der Waals surface area contributed by atoms with Crippen molar-refractivity contribution in [2.24, 2.45) is 10.8 Å². The highest BCUT2D eigenvalue weighted by atomic mass is 14.3. The number of rotatable bonds is 1. The highest BCUT2D eigenvalue weighted by molar-refractivity contribution is 5.32. The summed E-state index contributed by atoms with van der Waals surface area (Å²) in [5, 5.41) is 0. The fourth-order valence-electron chi connectivity index (χ4n) is 1.51. The Labute approximate surface area is 90.1 Å². The predicted molar refractivity (Wildman–Crippen MR) is 66.4 cm³/mol. The van der Waals surface area contributed by atoms with Gasteiger partial charge in [0.2, 0.25) is 0 Å². The van der Waals surface area contributed by atoms with E-state index in [1.165, 1.54) is 11.1 Å². The largest absolute Gasteiger partial charge is 0.0874 e. The van der Waals surface area contributed by atoms with Crippen molar-refractivity contribution in [3.8, 4) is 0 Å². The number of hydrogen-bond donors (Lipinski definition) is 0. The summed E-state index contributed by atoms with van der Waals surface area (Å²) in [5.41, 5.74) is 3.46. The highest BCUT2D eigenvalue weighted by Crippen LogP contribution is 2.36. The van der Waals surface area contributed by atoms with Gasteiger partial charge in [0.05, 0.1) is 0 Å². The third-order valence-electron chi connectivity index (χ3n) is 2.67. The van der Waals surface area contributed by atoms with Gasteiger partial charge in [-0.1, -0.05) is 59.3 Å². The molecule has 0 aromatic heterocycles. The lowest BCUT2D eigenvalue weighted by atomic mass is 9.75. The van der Waals surface area contributed by atoms with Crippen LogP contribution in [0, 0.1) is 10.8 Å². The second-order valence-electron chi connectivity index (χ2n) is 6.04. The first-order chi connectivity index (χ1) is 6.10. The molecule has 0 bridgehead atoms. The maximum Gasteiger partial charge on any atom is -0.0132 e. The SMILES string of the molecule is C/C=C\C(=C(/C)C(C)(C)C)C(C)(C)C. The zero-order valence-corrected chi connectivity index (χ0v) is 11.2. The molecule has 0 aliphatic carbocycles. The zero-order chi connectivity index (χ0) is 11.6. The molecule has 0 aromatic carbocycles. The van der Waals surface area contributed by atoms with Gasteiger partial charge in [0.15, 0.2) is 0 Å². The van der Waals surface area contributed by atoms with E-state index in [1.807, 2.05) is 0 Å². The summed E-state index contributed by atoms with van der Waals surface area (Å²) < 4.78 is 0. The Kier molecular flexibility index (Phi) is 4.17. The molecule has 0 unspecified atom stereocenters. The summed E-state index contributed by atoms with van der Waals surface area (Å²) in [5.74, 6) is 0. The molecule has 0 aromatic rings. The summed E-state index contributed by atoms with van der Waals surface area (Å²) in [6.45, 7) is 18.0. The molecule has 14 heavy (non-hydrogen) atoms. The van der Waals surface area contributed by atoms with Gasteiger partial charge < -0.3 is 0 Å². The first kappa shape index (κ1) is 13.5. The Morgan fingerprint density at radius 2 is 1.29 bits per heavy atom. The maximum atomic E-state index is 2.28. The number of allylic oxidation sites excluding steroid dienone is 4. The molecule has 0 atom stereocenters. The van der Waals surface area contributed by atoms with Gasteiger partial charge in [0.1, 0.15) is 0 Å². The maximum absolute atomic E-state index is 2.28. The molecular weight excluding hydrogens is 168 g/mol. The molecule has 82 valence electrons. The van der Waals surface area contributed by atoms with Gasteiger partial charge >= 0.3 is 0 Å². The Balaban J connectivity index is 5.40. The van der Waals surface area contributed by atoms with E-state index in [-0.39, 0.29) is 10.8 Å². The molecule has 0 nitrogen and oxygen atoms in total. The first-order valence-electron chi connectivity index (χ1n) is 5.45. The second kappa shape index (κ2) is 4.33. The molecule has 0 heteroatoms. The van der Waals surface area contributed by atoms with Crippen LogP contribution in [0.2, 0.25) is 0 Å². The topological polar surface area (TPSA) is 0 Å². The van der Waals surface area contributed by atoms with E-state index >= 15 is 0 Å². The highest BCUT2D eigenvalue weighted by Gasteiger charge is 2.23. The summed E-state index contributed by atoms with van der Waals surface area (Å²) in [7, 11) is 0. The summed E-state index contributed by atoms with van der Waals surface area (Å²) in [6.07, 6.45) is 4.39. The number of hydrogen-bond acceptors (Lipinski definition) is 0. The molecule has 0 radical (unpaired) electrons. The van der Waals surface area contributed by atoms with Gasteiger partial charge in [-0.3, -0.25) is 0 Å². The van der Waals surface area contributed by atoms with Crippen molar-refractivity contribution in [3.63, 3.8) is 0 Å². The van der Waals surface area contributed by atoms with Gasteiger partial charge in [-0.25, -0.2) is 0 Å². The molecule has 0 N–H and O–H groups in total. The van der Waals surface area contributed by atoms with E-state index in [0.717, 1.165) is 0 Å². The summed E-state index contributed by atoms with van der Waals surface area (Å²) >= 11 is 0. The molecule has 0 fully saturated rings. The minimum absolute atomic E-state index is 0.240. The van der Waals surface area contributed by atoms with E-state index in [1.54, 1.807) is 0 Å². The lowest BCUT2D eigenvalue weighted by molar-refractivity contribution is 0.454. The van der Waals surface area contributed by atoms with Crippen molar-refractivity contribution in [2.75, 3.05) is 0 Å². The summed E-state index contributed by atoms with van der Waals surface area (Å²) in [4.78, 5) is 0. The van der Waals surface area contributed by atoms with Crippen LogP contribution in [0.15, 0.2) is 23.3 Å². The van der Waals surface area contributed by atoms with Crippen LogP contribution in [0.25, 0.3) is 0 Å². The average molecular weight is 194 g/mol. The van der Waals surface area contributed by atoms with Crippen molar-refractivity contribution in [3.05, 3.63) is 23.3 Å². The quantitative estimate of drug-likeness (QED) is 0.517. The fourth-order valence-corrected chi connectivity index (χ4v) is 1.51. The molecule has 0 aliphatic heterocycles. The van der Waals surface area contributed by atoms with Crippen molar-refractivity contribution >= 4 is 0 Å². The third kappa shape index (κ3) is 3.69. The fraction of sp³-hybridized carbons (Fsp3) is 0.714. The van der Waals surface area contributed by atoms with Gasteiger partial charge in [0.25, 0.3) is 0 Å². The third-order valence-corrected chi connectivity index (χ3v) is 2.67. The molecular formula is C14H26. The van der Waals surface area contributed by atoms with Crippen LogP contribution in [-0.4, -0.2) is 0 Å². The minimum Gasteiger partial charge on any atom is -0.0874 e. The van der Waals surface area contributed by atoms with Gasteiger partial charge in [-0.15, -0.1) is 0 Å². The van der Waals surface area contributed by atoms with E-state index in [4.69, 9.17) is 0 Å². The molecule has 0 heterocycles. The van der Waals surface area contributed by atoms with E-state index < -0.39 is 0 Å². The molecule has 0 aliphatic rings. The Bertz CT molecular complexity index is 238. The first-order valence-corrected chi connectivity index (χ1v) is 5.45. The Hall–Kier alpha value is -0.520. The molecule has 0 saturated carbocycles. The van der Waals surface area contributed by atoms with Crippen LogP contribution in [0.3, 0.4) is 0 Å². The molecule has 0 spiro atoms. The van der Waals surface area contributed by atoms with Crippen molar-refractivity contribution in [2.45, 2.75) is 55.4 Å². The normalized spacial score (nSPS) is 16.0. The second-order valence-corrected chi connectivity index (χ2v) is 6.04. The Morgan fingerprint density at radius 3 is 1.50 bits per heavy atom. The lowest BCUT2D eigenvalue weighted by Crippen LogP contribution is -2.16. The van der Waals surface area contributed by atoms with Crippen LogP contribution in [0.1, 0.15) is 55.4 Å². The predicted octanol–water partition coefficient (Wildman–Crippen LogP) is 4.97.